The summed E-state index contributed by atoms with van der Waals surface area (Å²) in [6.45, 7) is 16.3. The molecule has 76 heavy (non-hydrogen) atoms. The van der Waals surface area contributed by atoms with Gasteiger partial charge >= 0.3 is 25.7 Å². The zero-order chi connectivity index (χ0) is 55.6. The van der Waals surface area contributed by atoms with E-state index in [0.717, 1.165) is 88.9 Å². The summed E-state index contributed by atoms with van der Waals surface area (Å²) in [7, 11) is 1.30. The molecule has 11 atom stereocenters. The third-order valence-electron chi connectivity index (χ3n) is 18.1. The van der Waals surface area contributed by atoms with Crippen molar-refractivity contribution in [3.05, 3.63) is 23.8 Å². The van der Waals surface area contributed by atoms with Gasteiger partial charge < -0.3 is 23.6 Å². The number of likely N-dealkylation sites (N-methyl/N-ethyl adjacent to an activating group) is 1. The lowest BCUT2D eigenvalue weighted by Gasteiger charge is -2.58. The number of phosphoric acid groups is 1. The van der Waals surface area contributed by atoms with E-state index in [4.69, 9.17) is 23.3 Å². The van der Waals surface area contributed by atoms with Crippen LogP contribution in [0.3, 0.4) is 0 Å². The lowest BCUT2D eigenvalue weighted by Crippen LogP contribution is -2.51. The Hall–Kier alpha value is -2.92. The molecule has 0 saturated heterocycles. The van der Waals surface area contributed by atoms with Gasteiger partial charge in [-0.25, -0.2) is 4.57 Å². The Morgan fingerprint density at radius 2 is 1.38 bits per heavy atom. The van der Waals surface area contributed by atoms with Crippen molar-refractivity contribution in [3.8, 4) is 23.7 Å². The molecule has 0 amide bonds. The highest BCUT2D eigenvalue weighted by molar-refractivity contribution is 7.47. The standard InChI is InChI=1S/C64H106NO10P/c1-11-13-14-15-16-17-18-19-20-21-22-23-24-25-26-27-28-29-30-31-32-61(67)75-55(49-73-76(69,70)72-46-45-65(8,9)10)48-71-60(66)39-40-62(68)74-54-41-43-63(6)53(47-54)35-36-56-58-38-37-57(64(58,7)44-42-59(56)63)51(5)33-34-52(12-2)50(3)4/h33-35,50-52,54-59H,11-20,25-32,36-49H2,1-10H3/p+1/b34-33+/t51?,52-,54+,55?,56+,57-,58+,59+,63+,64-/m1/s1. The summed E-state index contributed by atoms with van der Waals surface area (Å²) in [5, 5.41) is 0. The molecule has 432 valence electrons. The van der Waals surface area contributed by atoms with Crippen LogP contribution in [-0.2, 0) is 42.2 Å². The average molecular weight is 1080 g/mol. The van der Waals surface area contributed by atoms with E-state index in [1.165, 1.54) is 82.6 Å². The number of rotatable bonds is 35. The zero-order valence-electron chi connectivity index (χ0n) is 49.6. The number of carbonyl (C=O) groups is 3. The van der Waals surface area contributed by atoms with Crippen LogP contribution in [0.5, 0.6) is 0 Å². The van der Waals surface area contributed by atoms with Crippen molar-refractivity contribution >= 4 is 25.7 Å². The summed E-state index contributed by atoms with van der Waals surface area (Å²) < 4.78 is 40.7. The third-order valence-corrected chi connectivity index (χ3v) is 19.1. The molecule has 11 nitrogen and oxygen atoms in total. The zero-order valence-corrected chi connectivity index (χ0v) is 50.5. The van der Waals surface area contributed by atoms with Gasteiger partial charge in [-0.3, -0.25) is 23.4 Å². The lowest BCUT2D eigenvalue weighted by atomic mass is 9.47. The van der Waals surface area contributed by atoms with Crippen molar-refractivity contribution in [3.63, 3.8) is 0 Å². The summed E-state index contributed by atoms with van der Waals surface area (Å²) in [5.41, 5.74) is 1.94. The highest BCUT2D eigenvalue weighted by Gasteiger charge is 2.59. The molecular formula is C64H107NO10P+. The van der Waals surface area contributed by atoms with Gasteiger partial charge in [0.05, 0.1) is 40.6 Å². The number of allylic oxidation sites excluding steroid dienone is 3. The van der Waals surface area contributed by atoms with Gasteiger partial charge in [0.2, 0.25) is 0 Å². The van der Waals surface area contributed by atoms with Crippen molar-refractivity contribution in [2.45, 2.75) is 240 Å². The largest absolute Gasteiger partial charge is 0.472 e. The van der Waals surface area contributed by atoms with E-state index in [2.05, 4.69) is 90.4 Å². The summed E-state index contributed by atoms with van der Waals surface area (Å²) >= 11 is 0. The van der Waals surface area contributed by atoms with Gasteiger partial charge in [-0.15, -0.1) is 0 Å². The quantitative estimate of drug-likeness (QED) is 0.0124. The van der Waals surface area contributed by atoms with E-state index >= 15 is 0 Å². The minimum Gasteiger partial charge on any atom is -0.462 e. The van der Waals surface area contributed by atoms with Crippen LogP contribution >= 0.6 is 7.82 Å². The predicted octanol–water partition coefficient (Wildman–Crippen LogP) is 15.1. The third kappa shape index (κ3) is 22.7. The van der Waals surface area contributed by atoms with Crippen molar-refractivity contribution in [1.29, 1.82) is 0 Å². The molecule has 0 aromatic heterocycles. The molecule has 0 heterocycles. The molecule has 0 aromatic rings. The first-order valence-electron chi connectivity index (χ1n) is 30.5. The van der Waals surface area contributed by atoms with Gasteiger partial charge in [-0.05, 0) is 135 Å². The summed E-state index contributed by atoms with van der Waals surface area (Å²) in [6.07, 6.45) is 33.8. The van der Waals surface area contributed by atoms with Crippen molar-refractivity contribution in [2.24, 2.45) is 52.3 Å². The van der Waals surface area contributed by atoms with E-state index in [1.807, 2.05) is 21.1 Å². The van der Waals surface area contributed by atoms with E-state index in [1.54, 1.807) is 0 Å². The van der Waals surface area contributed by atoms with Gasteiger partial charge in [-0.2, -0.15) is 0 Å². The number of hydrogen-bond acceptors (Lipinski definition) is 9. The molecule has 3 saturated carbocycles. The van der Waals surface area contributed by atoms with Crippen molar-refractivity contribution < 1.29 is 51.6 Å². The van der Waals surface area contributed by atoms with E-state index in [9.17, 15) is 23.8 Å². The van der Waals surface area contributed by atoms with Crippen LogP contribution in [0.15, 0.2) is 23.8 Å². The number of ether oxygens (including phenoxy) is 3. The fraction of sp³-hybridized carbons (Fsp3) is 0.828. The van der Waals surface area contributed by atoms with Crippen molar-refractivity contribution in [1.82, 2.24) is 0 Å². The van der Waals surface area contributed by atoms with E-state index in [0.29, 0.717) is 52.5 Å². The number of carbonyl (C=O) groups excluding carboxylic acids is 3. The molecule has 3 fully saturated rings. The number of unbranched alkanes of at least 4 members (excludes halogenated alkanes) is 14. The number of nitrogens with zero attached hydrogens (tertiary/aromatic N) is 1. The fourth-order valence-electron chi connectivity index (χ4n) is 13.4. The molecule has 1 N–H and O–H groups in total. The average Bonchev–Trinajstić information content (AvgIpc) is 3.73. The fourth-order valence-corrected chi connectivity index (χ4v) is 14.1. The van der Waals surface area contributed by atoms with Crippen LogP contribution < -0.4 is 0 Å². The van der Waals surface area contributed by atoms with Crippen LogP contribution in [0, 0.1) is 75.9 Å². The van der Waals surface area contributed by atoms with Crippen molar-refractivity contribution in [2.75, 3.05) is 47.5 Å². The minimum absolute atomic E-state index is 0.0241. The number of phosphoric ester groups is 1. The molecule has 0 bridgehead atoms. The molecule has 12 heteroatoms. The molecule has 0 radical (unpaired) electrons. The highest BCUT2D eigenvalue weighted by atomic mass is 31.2. The normalized spacial score (nSPS) is 26.1. The van der Waals surface area contributed by atoms with Gasteiger partial charge in [0.15, 0.2) is 6.10 Å². The molecule has 0 aromatic carbocycles. The van der Waals surface area contributed by atoms with Gasteiger partial charge in [-0.1, -0.05) is 155 Å². The lowest BCUT2D eigenvalue weighted by molar-refractivity contribution is -0.870. The maximum atomic E-state index is 13.2. The first-order valence-corrected chi connectivity index (χ1v) is 32.0. The van der Waals surface area contributed by atoms with Crippen LogP contribution in [0.2, 0.25) is 0 Å². The van der Waals surface area contributed by atoms with Crippen LogP contribution in [0.4, 0.5) is 0 Å². The maximum absolute atomic E-state index is 13.2. The topological polar surface area (TPSA) is 135 Å². The summed E-state index contributed by atoms with van der Waals surface area (Å²) in [5.74, 6) is 15.5. The minimum atomic E-state index is -4.49. The molecule has 4 aliphatic rings. The monoisotopic (exact) mass is 1080 g/mol. The Labute approximate surface area is 463 Å². The first kappa shape index (κ1) is 65.6. The molecule has 4 aliphatic carbocycles. The summed E-state index contributed by atoms with van der Waals surface area (Å²) in [6, 6.07) is 0. The Balaban J connectivity index is 1.17. The predicted molar refractivity (Wildman–Crippen MR) is 306 cm³/mol. The Morgan fingerprint density at radius 1 is 0.750 bits per heavy atom. The van der Waals surface area contributed by atoms with Gasteiger partial charge in [0, 0.05) is 25.7 Å². The van der Waals surface area contributed by atoms with E-state index < -0.39 is 45.0 Å². The van der Waals surface area contributed by atoms with Crippen LogP contribution in [0.1, 0.15) is 228 Å². The number of fused-ring (bicyclic) bond motifs is 5. The number of hydrogen-bond donors (Lipinski definition) is 1. The molecule has 4 rings (SSSR count). The molecule has 0 spiro atoms. The number of quaternary nitrogens is 1. The Morgan fingerprint density at radius 3 is 2.01 bits per heavy atom. The second-order valence-electron chi connectivity index (χ2n) is 25.3. The van der Waals surface area contributed by atoms with Crippen LogP contribution in [0.25, 0.3) is 0 Å². The van der Waals surface area contributed by atoms with E-state index in [-0.39, 0.29) is 37.4 Å². The van der Waals surface area contributed by atoms with Gasteiger partial charge in [0.25, 0.3) is 0 Å². The molecule has 3 unspecified atom stereocenters. The first-order chi connectivity index (χ1) is 36.2. The second kappa shape index (κ2) is 33.6. The maximum Gasteiger partial charge on any atom is 0.472 e. The second-order valence-corrected chi connectivity index (χ2v) is 26.7. The van der Waals surface area contributed by atoms with Gasteiger partial charge in [0.1, 0.15) is 25.9 Å². The molecule has 0 aliphatic heterocycles. The smallest absolute Gasteiger partial charge is 0.462 e. The Bertz CT molecular complexity index is 2000. The highest BCUT2D eigenvalue weighted by Crippen LogP contribution is 2.67. The SMILES string of the molecule is CCCCCCCCCCC#CC#CCCCCCCCCC(=O)OC(COC(=O)CCC(=O)O[C@H]1CC[C@@]2(C)C(=CC[C@H]3[C@@H]4CC[C@H](C(C)/C=C/[C@@H](CC)C(C)C)[C@@]4(C)CC[C@@H]32)C1)COP(=O)(O)OCC[N+](C)(C)C. The number of esters is 3. The molecular weight excluding hydrogens is 974 g/mol. The summed E-state index contributed by atoms with van der Waals surface area (Å²) in [4.78, 5) is 49.5. The Kier molecular flexibility index (Phi) is 29.0. The van der Waals surface area contributed by atoms with Crippen LogP contribution in [-0.4, -0.2) is 87.0 Å².